The number of nitro benzene ring substituents is 1. The summed E-state index contributed by atoms with van der Waals surface area (Å²) in [7, 11) is 0. The fraction of sp³-hybridized carbons (Fsp3) is 0.111. The summed E-state index contributed by atoms with van der Waals surface area (Å²) in [5.41, 5.74) is 0.717. The van der Waals surface area contributed by atoms with E-state index >= 15 is 0 Å². The van der Waals surface area contributed by atoms with Crippen LogP contribution < -0.4 is 4.74 Å². The summed E-state index contributed by atoms with van der Waals surface area (Å²) in [4.78, 5) is 26.6. The number of halogens is 2. The molecule has 0 aliphatic carbocycles. The number of carbonyl (C=O) groups excluding carboxylic acids is 1. The Hall–Kier alpha value is -3.62. The normalized spacial score (nSPS) is 15.0. The largest absolute Gasteiger partial charge is 0.434 e. The van der Waals surface area contributed by atoms with Crippen LogP contribution in [0.3, 0.4) is 0 Å². The highest BCUT2D eigenvalue weighted by Gasteiger charge is 2.27. The van der Waals surface area contributed by atoms with Crippen LogP contribution in [0.1, 0.15) is 16.7 Å². The number of alkyl halides is 2. The number of esters is 1. The van der Waals surface area contributed by atoms with Gasteiger partial charge in [0, 0.05) is 11.6 Å². The summed E-state index contributed by atoms with van der Waals surface area (Å²) >= 11 is 0. The van der Waals surface area contributed by atoms with E-state index in [1.54, 1.807) is 25.1 Å². The van der Waals surface area contributed by atoms with Gasteiger partial charge >= 0.3 is 12.6 Å². The van der Waals surface area contributed by atoms with Gasteiger partial charge in [-0.15, -0.1) is 0 Å². The van der Waals surface area contributed by atoms with Crippen LogP contribution in [0.4, 0.5) is 14.5 Å². The number of aliphatic imine (C=N–C) groups is 1. The number of cyclic esters (lactones) is 1. The number of ether oxygens (including phenoxy) is 2. The standard InChI is InChI=1S/C18H12F2N2O5/c1-10-6-7-11(9-14(10)22(24)25)8-13-17(23)27-16(21-13)12-4-2-3-5-15(12)26-18(19)20/h2-9,18H,1H3/b13-8-. The number of benzene rings is 2. The molecule has 27 heavy (non-hydrogen) atoms. The molecule has 0 spiro atoms. The van der Waals surface area contributed by atoms with Gasteiger partial charge in [-0.1, -0.05) is 24.3 Å². The minimum absolute atomic E-state index is 0.0874. The molecule has 138 valence electrons. The summed E-state index contributed by atoms with van der Waals surface area (Å²) in [6.45, 7) is -1.46. The number of rotatable bonds is 5. The zero-order valence-corrected chi connectivity index (χ0v) is 13.9. The minimum Gasteiger partial charge on any atom is -0.434 e. The molecule has 2 aromatic rings. The number of carbonyl (C=O) groups is 1. The van der Waals surface area contributed by atoms with Crippen LogP contribution in [0.15, 0.2) is 53.2 Å². The van der Waals surface area contributed by atoms with Crippen molar-refractivity contribution in [3.8, 4) is 5.75 Å². The molecule has 0 amide bonds. The Labute approximate surface area is 151 Å². The predicted octanol–water partition coefficient (Wildman–Crippen LogP) is 3.85. The highest BCUT2D eigenvalue weighted by molar-refractivity contribution is 6.13. The molecule has 0 saturated heterocycles. The van der Waals surface area contributed by atoms with Gasteiger partial charge in [-0.2, -0.15) is 8.78 Å². The molecule has 9 heteroatoms. The second kappa shape index (κ2) is 7.32. The van der Waals surface area contributed by atoms with E-state index in [9.17, 15) is 23.7 Å². The lowest BCUT2D eigenvalue weighted by atomic mass is 10.1. The van der Waals surface area contributed by atoms with Gasteiger partial charge in [-0.05, 0) is 30.7 Å². The van der Waals surface area contributed by atoms with Crippen molar-refractivity contribution in [1.29, 1.82) is 0 Å². The van der Waals surface area contributed by atoms with Gasteiger partial charge < -0.3 is 9.47 Å². The van der Waals surface area contributed by atoms with E-state index in [1.165, 1.54) is 30.3 Å². The van der Waals surface area contributed by atoms with Crippen LogP contribution in [0.25, 0.3) is 6.08 Å². The van der Waals surface area contributed by atoms with Gasteiger partial charge in [0.1, 0.15) is 5.75 Å². The molecular formula is C18H12F2N2O5. The van der Waals surface area contributed by atoms with E-state index in [0.29, 0.717) is 11.1 Å². The van der Waals surface area contributed by atoms with Crippen LogP contribution in [0.2, 0.25) is 0 Å². The second-order valence-electron chi connectivity index (χ2n) is 5.51. The van der Waals surface area contributed by atoms with Crippen molar-refractivity contribution in [3.63, 3.8) is 0 Å². The second-order valence-corrected chi connectivity index (χ2v) is 5.51. The fourth-order valence-corrected chi connectivity index (χ4v) is 2.44. The van der Waals surface area contributed by atoms with Gasteiger partial charge in [0.05, 0.1) is 10.5 Å². The Morgan fingerprint density at radius 1 is 1.26 bits per heavy atom. The molecule has 7 nitrogen and oxygen atoms in total. The third-order valence-electron chi connectivity index (χ3n) is 3.69. The van der Waals surface area contributed by atoms with Gasteiger partial charge in [-0.25, -0.2) is 9.79 Å². The Bertz CT molecular complexity index is 985. The number of hydrogen-bond donors (Lipinski definition) is 0. The molecule has 0 saturated carbocycles. The minimum atomic E-state index is -3.05. The van der Waals surface area contributed by atoms with Gasteiger partial charge in [0.25, 0.3) is 5.69 Å². The Kier molecular flexibility index (Phi) is 4.93. The zero-order chi connectivity index (χ0) is 19.6. The van der Waals surface area contributed by atoms with Crippen LogP contribution in [-0.4, -0.2) is 23.4 Å². The van der Waals surface area contributed by atoms with E-state index in [0.717, 1.165) is 0 Å². The smallest absolute Gasteiger partial charge is 0.387 e. The lowest BCUT2D eigenvalue weighted by Crippen LogP contribution is -2.10. The van der Waals surface area contributed by atoms with Crippen LogP contribution in [-0.2, 0) is 9.53 Å². The highest BCUT2D eigenvalue weighted by atomic mass is 19.3. The predicted molar refractivity (Wildman–Crippen MR) is 91.5 cm³/mol. The first-order valence-corrected chi connectivity index (χ1v) is 7.67. The van der Waals surface area contributed by atoms with Gasteiger partial charge in [-0.3, -0.25) is 10.1 Å². The number of nitrogens with zero attached hydrogens (tertiary/aromatic N) is 2. The number of hydrogen-bond acceptors (Lipinski definition) is 6. The first-order chi connectivity index (χ1) is 12.8. The summed E-state index contributed by atoms with van der Waals surface area (Å²) in [6, 6.07) is 10.2. The molecule has 3 rings (SSSR count). The third-order valence-corrected chi connectivity index (χ3v) is 3.69. The Morgan fingerprint density at radius 3 is 2.70 bits per heavy atom. The first kappa shape index (κ1) is 18.2. The molecule has 2 aromatic carbocycles. The molecule has 0 bridgehead atoms. The van der Waals surface area contributed by atoms with Crippen molar-refractivity contribution in [3.05, 3.63) is 75.0 Å². The molecule has 0 N–H and O–H groups in total. The van der Waals surface area contributed by atoms with E-state index in [2.05, 4.69) is 9.73 Å². The summed E-state index contributed by atoms with van der Waals surface area (Å²) in [6.07, 6.45) is 1.32. The van der Waals surface area contributed by atoms with Crippen molar-refractivity contribution in [2.45, 2.75) is 13.5 Å². The topological polar surface area (TPSA) is 91.0 Å². The SMILES string of the molecule is Cc1ccc(/C=C2\N=C(c3ccccc3OC(F)F)OC2=O)cc1[N+](=O)[O-]. The summed E-state index contributed by atoms with van der Waals surface area (Å²) in [5.74, 6) is -1.18. The van der Waals surface area contributed by atoms with Crippen molar-refractivity contribution in [2.75, 3.05) is 0 Å². The van der Waals surface area contributed by atoms with Crippen LogP contribution in [0, 0.1) is 17.0 Å². The molecule has 0 aromatic heterocycles. The van der Waals surface area contributed by atoms with Crippen LogP contribution in [0.5, 0.6) is 5.75 Å². The number of para-hydroxylation sites is 1. The summed E-state index contributed by atoms with van der Waals surface area (Å²) < 4.78 is 34.5. The molecule has 1 aliphatic heterocycles. The molecule has 0 unspecified atom stereocenters. The quantitative estimate of drug-likeness (QED) is 0.343. The lowest BCUT2D eigenvalue weighted by Gasteiger charge is -2.08. The fourth-order valence-electron chi connectivity index (χ4n) is 2.44. The van der Waals surface area contributed by atoms with E-state index in [4.69, 9.17) is 4.74 Å². The van der Waals surface area contributed by atoms with Crippen LogP contribution >= 0.6 is 0 Å². The number of nitro groups is 1. The van der Waals surface area contributed by atoms with E-state index in [-0.39, 0.29) is 28.6 Å². The first-order valence-electron chi connectivity index (χ1n) is 7.67. The van der Waals surface area contributed by atoms with Gasteiger partial charge in [0.15, 0.2) is 5.70 Å². The molecular weight excluding hydrogens is 362 g/mol. The van der Waals surface area contributed by atoms with Crippen molar-refractivity contribution < 1.29 is 28.0 Å². The summed E-state index contributed by atoms with van der Waals surface area (Å²) in [5, 5.41) is 11.0. The lowest BCUT2D eigenvalue weighted by molar-refractivity contribution is -0.385. The molecule has 0 radical (unpaired) electrons. The molecule has 0 atom stereocenters. The maximum atomic E-state index is 12.5. The van der Waals surface area contributed by atoms with E-state index < -0.39 is 17.5 Å². The van der Waals surface area contributed by atoms with Crippen molar-refractivity contribution in [1.82, 2.24) is 0 Å². The average Bonchev–Trinajstić information content (AvgIpc) is 2.97. The molecule has 1 aliphatic rings. The van der Waals surface area contributed by atoms with Crippen molar-refractivity contribution >= 4 is 23.6 Å². The zero-order valence-electron chi connectivity index (χ0n) is 13.9. The molecule has 0 fully saturated rings. The Balaban J connectivity index is 1.97. The van der Waals surface area contributed by atoms with E-state index in [1.807, 2.05) is 0 Å². The Morgan fingerprint density at radius 2 is 2.00 bits per heavy atom. The maximum absolute atomic E-state index is 12.5. The van der Waals surface area contributed by atoms with Crippen molar-refractivity contribution in [2.24, 2.45) is 4.99 Å². The third kappa shape index (κ3) is 3.97. The maximum Gasteiger partial charge on any atom is 0.387 e. The molecule has 1 heterocycles. The average molecular weight is 374 g/mol. The monoisotopic (exact) mass is 374 g/mol. The number of aryl methyl sites for hydroxylation is 1. The van der Waals surface area contributed by atoms with Gasteiger partial charge in [0.2, 0.25) is 5.90 Å². The highest BCUT2D eigenvalue weighted by Crippen LogP contribution is 2.27.